The van der Waals surface area contributed by atoms with Crippen molar-refractivity contribution in [3.05, 3.63) is 34.9 Å². The first kappa shape index (κ1) is 17.3. The topological polar surface area (TPSA) is 56.0 Å². The second kappa shape index (κ2) is 5.96. The van der Waals surface area contributed by atoms with Gasteiger partial charge in [-0.15, -0.1) is 0 Å². The van der Waals surface area contributed by atoms with Crippen LogP contribution in [0.15, 0.2) is 12.3 Å². The van der Waals surface area contributed by atoms with Gasteiger partial charge in [0.05, 0.1) is 17.8 Å². The van der Waals surface area contributed by atoms with Crippen molar-refractivity contribution < 1.29 is 4.79 Å². The van der Waals surface area contributed by atoms with Gasteiger partial charge in [0.15, 0.2) is 5.69 Å². The van der Waals surface area contributed by atoms with Crippen molar-refractivity contribution in [2.45, 2.75) is 70.4 Å². The third-order valence-electron chi connectivity index (χ3n) is 5.72. The maximum atomic E-state index is 13.2. The van der Waals surface area contributed by atoms with Gasteiger partial charge in [-0.05, 0) is 58.9 Å². The van der Waals surface area contributed by atoms with Gasteiger partial charge in [0.2, 0.25) is 0 Å². The highest BCUT2D eigenvalue weighted by atomic mass is 16.2. The normalized spacial score (nSPS) is 20.1. The number of fused-ring (bicyclic) bond motifs is 1. The van der Waals surface area contributed by atoms with Crippen molar-refractivity contribution in [3.63, 3.8) is 0 Å². The van der Waals surface area contributed by atoms with E-state index in [1.165, 1.54) is 29.8 Å². The van der Waals surface area contributed by atoms with Gasteiger partial charge >= 0.3 is 0 Å². The first-order valence-corrected chi connectivity index (χ1v) is 9.65. The van der Waals surface area contributed by atoms with Gasteiger partial charge in [-0.2, -0.15) is 10.2 Å². The standard InChI is InChI=1S/C20H29N5O/c1-20(2,3)25-18(13-9-10-13)11-15(22-25)19(26)23(4)16-7-6-8-17-14(16)12-21-24(17)5/h11-13,16H,6-10H2,1-5H3. The predicted molar refractivity (Wildman–Crippen MR) is 100 cm³/mol. The van der Waals surface area contributed by atoms with E-state index in [0.717, 1.165) is 19.3 Å². The molecule has 6 nitrogen and oxygen atoms in total. The summed E-state index contributed by atoms with van der Waals surface area (Å²) in [6.45, 7) is 6.44. The van der Waals surface area contributed by atoms with Crippen LogP contribution in [0.25, 0.3) is 0 Å². The van der Waals surface area contributed by atoms with Crippen molar-refractivity contribution >= 4 is 5.91 Å². The van der Waals surface area contributed by atoms with E-state index in [-0.39, 0.29) is 17.5 Å². The van der Waals surface area contributed by atoms with Gasteiger partial charge in [0.1, 0.15) is 0 Å². The Labute approximate surface area is 155 Å². The molecule has 1 amide bonds. The summed E-state index contributed by atoms with van der Waals surface area (Å²) in [5.41, 5.74) is 4.10. The lowest BCUT2D eigenvalue weighted by Crippen LogP contribution is -2.34. The van der Waals surface area contributed by atoms with Crippen LogP contribution in [-0.2, 0) is 19.0 Å². The molecule has 0 spiro atoms. The number of aromatic nitrogens is 4. The fourth-order valence-electron chi connectivity index (χ4n) is 4.11. The molecule has 0 radical (unpaired) electrons. The average molecular weight is 355 g/mol. The number of aryl methyl sites for hydroxylation is 1. The molecule has 0 aromatic carbocycles. The van der Waals surface area contributed by atoms with Crippen molar-refractivity contribution in [1.82, 2.24) is 24.5 Å². The van der Waals surface area contributed by atoms with Crippen LogP contribution < -0.4 is 0 Å². The minimum absolute atomic E-state index is 0.0107. The smallest absolute Gasteiger partial charge is 0.274 e. The molecule has 2 aliphatic carbocycles. The van der Waals surface area contributed by atoms with E-state index >= 15 is 0 Å². The quantitative estimate of drug-likeness (QED) is 0.848. The zero-order valence-electron chi connectivity index (χ0n) is 16.5. The number of carbonyl (C=O) groups excluding carboxylic acids is 1. The van der Waals surface area contributed by atoms with Crippen LogP contribution >= 0.6 is 0 Å². The summed E-state index contributed by atoms with van der Waals surface area (Å²) >= 11 is 0. The molecule has 2 aliphatic rings. The molecule has 1 unspecified atom stereocenters. The SMILES string of the molecule is CN(C(=O)c1cc(C2CC2)n(C(C)(C)C)n1)C1CCCc2c1cnn2C. The lowest BCUT2D eigenvalue weighted by Gasteiger charge is -2.31. The second-order valence-corrected chi connectivity index (χ2v) is 8.81. The lowest BCUT2D eigenvalue weighted by molar-refractivity contribution is 0.0707. The van der Waals surface area contributed by atoms with Gasteiger partial charge in [-0.1, -0.05) is 0 Å². The summed E-state index contributed by atoms with van der Waals surface area (Å²) in [5.74, 6) is 0.574. The molecule has 2 heterocycles. The second-order valence-electron chi connectivity index (χ2n) is 8.81. The summed E-state index contributed by atoms with van der Waals surface area (Å²) in [6.07, 6.45) is 7.43. The molecular formula is C20H29N5O. The van der Waals surface area contributed by atoms with Gasteiger partial charge in [-0.3, -0.25) is 14.2 Å². The Balaban J connectivity index is 1.64. The minimum Gasteiger partial charge on any atom is -0.333 e. The van der Waals surface area contributed by atoms with Gasteiger partial charge in [0.25, 0.3) is 5.91 Å². The van der Waals surface area contributed by atoms with Crippen molar-refractivity contribution in [3.8, 4) is 0 Å². The van der Waals surface area contributed by atoms with Crippen LogP contribution in [0, 0.1) is 0 Å². The fraction of sp³-hybridized carbons (Fsp3) is 0.650. The Morgan fingerprint density at radius 2 is 2.00 bits per heavy atom. The van der Waals surface area contributed by atoms with Crippen molar-refractivity contribution in [1.29, 1.82) is 0 Å². The van der Waals surface area contributed by atoms with Crippen molar-refractivity contribution in [2.24, 2.45) is 7.05 Å². The maximum Gasteiger partial charge on any atom is 0.274 e. The summed E-state index contributed by atoms with van der Waals surface area (Å²) in [4.78, 5) is 15.1. The largest absolute Gasteiger partial charge is 0.333 e. The number of hydrogen-bond donors (Lipinski definition) is 0. The molecule has 140 valence electrons. The molecule has 1 saturated carbocycles. The van der Waals surface area contributed by atoms with Crippen LogP contribution in [0.5, 0.6) is 0 Å². The van der Waals surface area contributed by atoms with Crippen LogP contribution in [-0.4, -0.2) is 37.4 Å². The van der Waals surface area contributed by atoms with Crippen LogP contribution in [0.2, 0.25) is 0 Å². The molecular weight excluding hydrogens is 326 g/mol. The number of nitrogens with zero attached hydrogens (tertiary/aromatic N) is 5. The molecule has 2 aromatic rings. The monoisotopic (exact) mass is 355 g/mol. The van der Waals surface area contributed by atoms with Gasteiger partial charge in [-0.25, -0.2) is 0 Å². The molecule has 0 saturated heterocycles. The molecule has 2 aromatic heterocycles. The Bertz CT molecular complexity index is 837. The number of amides is 1. The Morgan fingerprint density at radius 1 is 1.27 bits per heavy atom. The molecule has 26 heavy (non-hydrogen) atoms. The fourth-order valence-corrected chi connectivity index (χ4v) is 4.11. The maximum absolute atomic E-state index is 13.2. The van der Waals surface area contributed by atoms with Crippen LogP contribution in [0.1, 0.15) is 85.9 Å². The summed E-state index contributed by atoms with van der Waals surface area (Å²) < 4.78 is 4.00. The summed E-state index contributed by atoms with van der Waals surface area (Å²) in [5, 5.41) is 9.13. The Morgan fingerprint density at radius 3 is 2.65 bits per heavy atom. The molecule has 6 heteroatoms. The third-order valence-corrected chi connectivity index (χ3v) is 5.72. The first-order chi connectivity index (χ1) is 12.3. The Kier molecular flexibility index (Phi) is 3.97. The Hall–Kier alpha value is -2.11. The molecule has 0 aliphatic heterocycles. The number of carbonyl (C=O) groups is 1. The molecule has 0 bridgehead atoms. The average Bonchev–Trinajstić information content (AvgIpc) is 3.22. The van der Waals surface area contributed by atoms with E-state index in [2.05, 4.69) is 30.6 Å². The molecule has 1 atom stereocenters. The lowest BCUT2D eigenvalue weighted by atomic mass is 9.92. The van der Waals surface area contributed by atoms with E-state index in [4.69, 9.17) is 5.10 Å². The number of rotatable bonds is 3. The molecule has 1 fully saturated rings. The van der Waals surface area contributed by atoms with Crippen LogP contribution in [0.4, 0.5) is 0 Å². The van der Waals surface area contributed by atoms with E-state index in [0.29, 0.717) is 11.6 Å². The minimum atomic E-state index is -0.115. The zero-order chi connectivity index (χ0) is 18.6. The number of hydrogen-bond acceptors (Lipinski definition) is 3. The van der Waals surface area contributed by atoms with E-state index < -0.39 is 0 Å². The van der Waals surface area contributed by atoms with Gasteiger partial charge < -0.3 is 4.90 Å². The zero-order valence-corrected chi connectivity index (χ0v) is 16.5. The molecule has 4 rings (SSSR count). The highest BCUT2D eigenvalue weighted by Gasteiger charge is 2.35. The predicted octanol–water partition coefficient (Wildman–Crippen LogP) is 3.40. The highest BCUT2D eigenvalue weighted by molar-refractivity contribution is 5.92. The van der Waals surface area contributed by atoms with Crippen LogP contribution in [0.3, 0.4) is 0 Å². The third kappa shape index (κ3) is 2.85. The van der Waals surface area contributed by atoms with E-state index in [1.807, 2.05) is 35.9 Å². The molecule has 0 N–H and O–H groups in total. The van der Waals surface area contributed by atoms with E-state index in [9.17, 15) is 4.79 Å². The highest BCUT2D eigenvalue weighted by Crippen LogP contribution is 2.42. The first-order valence-electron chi connectivity index (χ1n) is 9.65. The van der Waals surface area contributed by atoms with Gasteiger partial charge in [0, 0.05) is 37.0 Å². The van der Waals surface area contributed by atoms with Crippen molar-refractivity contribution in [2.75, 3.05) is 7.05 Å². The van der Waals surface area contributed by atoms with E-state index in [1.54, 1.807) is 0 Å². The summed E-state index contributed by atoms with van der Waals surface area (Å²) in [6, 6.07) is 2.11. The summed E-state index contributed by atoms with van der Waals surface area (Å²) in [7, 11) is 3.89.